The SMILES string of the molecule is Cc1noc(C)c1CSCC(=O)N1CCC(C)(O)C1. The Bertz CT molecular complexity index is 451. The second kappa shape index (κ2) is 5.54. The van der Waals surface area contributed by atoms with Crippen LogP contribution in [0.15, 0.2) is 4.52 Å². The van der Waals surface area contributed by atoms with Crippen molar-refractivity contribution in [1.29, 1.82) is 0 Å². The van der Waals surface area contributed by atoms with Crippen molar-refractivity contribution < 1.29 is 14.4 Å². The van der Waals surface area contributed by atoms with Gasteiger partial charge in [0.25, 0.3) is 0 Å². The largest absolute Gasteiger partial charge is 0.388 e. The molecule has 0 radical (unpaired) electrons. The zero-order valence-corrected chi connectivity index (χ0v) is 12.4. The summed E-state index contributed by atoms with van der Waals surface area (Å²) >= 11 is 1.56. The molecule has 19 heavy (non-hydrogen) atoms. The molecule has 0 aliphatic carbocycles. The van der Waals surface area contributed by atoms with Crippen molar-refractivity contribution in [3.8, 4) is 0 Å². The van der Waals surface area contributed by atoms with Crippen molar-refractivity contribution in [2.75, 3.05) is 18.8 Å². The topological polar surface area (TPSA) is 66.6 Å². The Kier molecular flexibility index (Phi) is 4.20. The van der Waals surface area contributed by atoms with E-state index in [1.807, 2.05) is 13.8 Å². The summed E-state index contributed by atoms with van der Waals surface area (Å²) < 4.78 is 5.09. The van der Waals surface area contributed by atoms with Crippen LogP contribution in [0, 0.1) is 13.8 Å². The lowest BCUT2D eigenvalue weighted by molar-refractivity contribution is -0.128. The van der Waals surface area contributed by atoms with Crippen molar-refractivity contribution in [3.05, 3.63) is 17.0 Å². The molecule has 2 heterocycles. The highest BCUT2D eigenvalue weighted by molar-refractivity contribution is 7.99. The summed E-state index contributed by atoms with van der Waals surface area (Å²) in [6.07, 6.45) is 0.660. The first-order valence-corrected chi connectivity index (χ1v) is 7.54. The van der Waals surface area contributed by atoms with Gasteiger partial charge in [0.1, 0.15) is 5.76 Å². The summed E-state index contributed by atoms with van der Waals surface area (Å²) in [5.74, 6) is 2.08. The Morgan fingerprint density at radius 1 is 1.58 bits per heavy atom. The maximum absolute atomic E-state index is 12.0. The smallest absolute Gasteiger partial charge is 0.232 e. The average Bonchev–Trinajstić information content (AvgIpc) is 2.85. The zero-order valence-electron chi connectivity index (χ0n) is 11.6. The molecule has 0 aromatic carbocycles. The average molecular weight is 284 g/mol. The predicted octanol–water partition coefficient (Wildman–Crippen LogP) is 1.51. The number of β-amino-alcohol motifs (C(OH)–C–C–N with tert-alkyl or cyclic N) is 1. The number of nitrogens with zero attached hydrogens (tertiary/aromatic N) is 2. The first-order chi connectivity index (χ1) is 8.89. The van der Waals surface area contributed by atoms with Gasteiger partial charge in [0.05, 0.1) is 17.0 Å². The summed E-state index contributed by atoms with van der Waals surface area (Å²) in [5.41, 5.74) is 1.25. The Morgan fingerprint density at radius 3 is 2.84 bits per heavy atom. The van der Waals surface area contributed by atoms with E-state index in [-0.39, 0.29) is 5.91 Å². The van der Waals surface area contributed by atoms with Crippen LogP contribution in [-0.2, 0) is 10.5 Å². The molecule has 6 heteroatoms. The van der Waals surface area contributed by atoms with Gasteiger partial charge in [-0.3, -0.25) is 4.79 Å². The quantitative estimate of drug-likeness (QED) is 0.907. The zero-order chi connectivity index (χ0) is 14.0. The first-order valence-electron chi connectivity index (χ1n) is 6.39. The lowest BCUT2D eigenvalue weighted by atomic mass is 10.1. The molecular formula is C13H20N2O3S. The third kappa shape index (κ3) is 3.51. The summed E-state index contributed by atoms with van der Waals surface area (Å²) in [4.78, 5) is 13.7. The van der Waals surface area contributed by atoms with Gasteiger partial charge in [-0.2, -0.15) is 0 Å². The van der Waals surface area contributed by atoms with Crippen LogP contribution in [0.1, 0.15) is 30.4 Å². The number of aromatic nitrogens is 1. The van der Waals surface area contributed by atoms with Gasteiger partial charge in [-0.05, 0) is 27.2 Å². The second-order valence-electron chi connectivity index (χ2n) is 5.36. The number of carbonyl (C=O) groups excluding carboxylic acids is 1. The molecule has 1 aromatic rings. The standard InChI is InChI=1S/C13H20N2O3S/c1-9-11(10(2)18-14-9)6-19-7-12(16)15-5-4-13(3,17)8-15/h17H,4-8H2,1-3H3. The minimum atomic E-state index is -0.720. The van der Waals surface area contributed by atoms with Gasteiger partial charge in [0, 0.05) is 24.4 Å². The fourth-order valence-corrected chi connectivity index (χ4v) is 3.27. The fraction of sp³-hybridized carbons (Fsp3) is 0.692. The van der Waals surface area contributed by atoms with Gasteiger partial charge in [-0.15, -0.1) is 11.8 Å². The van der Waals surface area contributed by atoms with Gasteiger partial charge < -0.3 is 14.5 Å². The number of carbonyl (C=O) groups is 1. The van der Waals surface area contributed by atoms with E-state index < -0.39 is 5.60 Å². The van der Waals surface area contributed by atoms with Crippen LogP contribution in [0.25, 0.3) is 0 Å². The van der Waals surface area contributed by atoms with E-state index in [0.717, 1.165) is 22.8 Å². The molecule has 0 spiro atoms. The summed E-state index contributed by atoms with van der Waals surface area (Å²) in [5, 5.41) is 13.7. The number of hydrogen-bond donors (Lipinski definition) is 1. The minimum Gasteiger partial charge on any atom is -0.388 e. The number of aryl methyl sites for hydroxylation is 2. The molecule has 106 valence electrons. The number of thioether (sulfide) groups is 1. The molecule has 1 amide bonds. The van der Waals surface area contributed by atoms with Gasteiger partial charge in [0.2, 0.25) is 5.91 Å². The Hall–Kier alpha value is -1.01. The predicted molar refractivity (Wildman–Crippen MR) is 74.0 cm³/mol. The molecule has 0 saturated carbocycles. The van der Waals surface area contributed by atoms with Gasteiger partial charge in [0.15, 0.2) is 0 Å². The molecule has 5 nitrogen and oxygen atoms in total. The fourth-order valence-electron chi connectivity index (χ4n) is 2.20. The molecule has 1 aliphatic rings. The summed E-state index contributed by atoms with van der Waals surface area (Å²) in [7, 11) is 0. The van der Waals surface area contributed by atoms with Crippen LogP contribution in [0.5, 0.6) is 0 Å². The molecule has 1 aromatic heterocycles. The van der Waals surface area contributed by atoms with Crippen LogP contribution >= 0.6 is 11.8 Å². The van der Waals surface area contributed by atoms with Crippen LogP contribution in [0.3, 0.4) is 0 Å². The Morgan fingerprint density at radius 2 is 2.32 bits per heavy atom. The van der Waals surface area contributed by atoms with E-state index in [1.165, 1.54) is 0 Å². The third-order valence-corrected chi connectivity index (χ3v) is 4.40. The minimum absolute atomic E-state index is 0.0922. The second-order valence-corrected chi connectivity index (χ2v) is 6.34. The highest BCUT2D eigenvalue weighted by Gasteiger charge is 2.33. The maximum atomic E-state index is 12.0. The van der Waals surface area contributed by atoms with Crippen LogP contribution in [0.2, 0.25) is 0 Å². The number of aliphatic hydroxyl groups is 1. The molecule has 1 atom stereocenters. The van der Waals surface area contributed by atoms with E-state index in [4.69, 9.17) is 4.52 Å². The summed E-state index contributed by atoms with van der Waals surface area (Å²) in [6, 6.07) is 0. The lowest BCUT2D eigenvalue weighted by Gasteiger charge is -2.18. The molecule has 0 bridgehead atoms. The normalized spacial score (nSPS) is 23.1. The Labute approximate surface area is 117 Å². The van der Waals surface area contributed by atoms with Crippen molar-refractivity contribution in [1.82, 2.24) is 10.1 Å². The number of amides is 1. The van der Waals surface area contributed by atoms with E-state index in [0.29, 0.717) is 25.3 Å². The Balaban J connectivity index is 1.79. The molecule has 1 N–H and O–H groups in total. The molecule has 1 aliphatic heterocycles. The highest BCUT2D eigenvalue weighted by atomic mass is 32.2. The third-order valence-electron chi connectivity index (χ3n) is 3.46. The van der Waals surface area contributed by atoms with Crippen molar-refractivity contribution in [3.63, 3.8) is 0 Å². The van der Waals surface area contributed by atoms with Gasteiger partial charge in [-0.25, -0.2) is 0 Å². The molecular weight excluding hydrogens is 264 g/mol. The lowest BCUT2D eigenvalue weighted by Crippen LogP contribution is -2.34. The maximum Gasteiger partial charge on any atom is 0.232 e. The number of rotatable bonds is 4. The van der Waals surface area contributed by atoms with Crippen molar-refractivity contribution >= 4 is 17.7 Å². The molecule has 1 unspecified atom stereocenters. The van der Waals surface area contributed by atoms with Crippen LogP contribution in [0.4, 0.5) is 0 Å². The van der Waals surface area contributed by atoms with E-state index in [1.54, 1.807) is 23.6 Å². The van der Waals surface area contributed by atoms with Gasteiger partial charge in [-0.1, -0.05) is 5.16 Å². The molecule has 1 fully saturated rings. The summed E-state index contributed by atoms with van der Waals surface area (Å²) in [6.45, 7) is 6.66. The number of hydrogen-bond acceptors (Lipinski definition) is 5. The molecule has 2 rings (SSSR count). The van der Waals surface area contributed by atoms with Gasteiger partial charge >= 0.3 is 0 Å². The number of likely N-dealkylation sites (tertiary alicyclic amines) is 1. The van der Waals surface area contributed by atoms with Crippen LogP contribution in [-0.4, -0.2) is 45.5 Å². The highest BCUT2D eigenvalue weighted by Crippen LogP contribution is 2.23. The monoisotopic (exact) mass is 284 g/mol. The van der Waals surface area contributed by atoms with Crippen molar-refractivity contribution in [2.45, 2.75) is 38.5 Å². The van der Waals surface area contributed by atoms with E-state index >= 15 is 0 Å². The first kappa shape index (κ1) is 14.4. The van der Waals surface area contributed by atoms with Crippen LogP contribution < -0.4 is 0 Å². The van der Waals surface area contributed by atoms with E-state index in [9.17, 15) is 9.90 Å². The molecule has 1 saturated heterocycles. The van der Waals surface area contributed by atoms with E-state index in [2.05, 4.69) is 5.16 Å². The van der Waals surface area contributed by atoms with Crippen molar-refractivity contribution in [2.24, 2.45) is 0 Å².